The standard InChI is InChI=1S/C15H22Br2N2/c1-19(15-5-3-2-4-12(15)9-18)10-11-6-7-13(16)14(17)8-11/h6-8,12,15H,2-5,9-10,18H2,1H3. The number of hydrogen-bond donors (Lipinski definition) is 1. The molecule has 2 N–H and O–H groups in total. The van der Waals surface area contributed by atoms with Crippen molar-refractivity contribution in [2.75, 3.05) is 13.6 Å². The van der Waals surface area contributed by atoms with Gasteiger partial charge in [-0.3, -0.25) is 4.90 Å². The van der Waals surface area contributed by atoms with Crippen molar-refractivity contribution in [2.45, 2.75) is 38.3 Å². The average molecular weight is 390 g/mol. The van der Waals surface area contributed by atoms with Crippen LogP contribution in [0.1, 0.15) is 31.2 Å². The molecule has 2 nitrogen and oxygen atoms in total. The summed E-state index contributed by atoms with van der Waals surface area (Å²) >= 11 is 7.09. The van der Waals surface area contributed by atoms with E-state index in [4.69, 9.17) is 5.73 Å². The number of rotatable bonds is 4. The predicted octanol–water partition coefficient (Wildman–Crippen LogP) is 4.16. The molecule has 2 unspecified atom stereocenters. The minimum Gasteiger partial charge on any atom is -0.330 e. The summed E-state index contributed by atoms with van der Waals surface area (Å²) in [5.41, 5.74) is 7.27. The Kier molecular flexibility index (Phi) is 5.87. The summed E-state index contributed by atoms with van der Waals surface area (Å²) in [7, 11) is 2.23. The second-order valence-corrected chi connectivity index (χ2v) is 7.22. The summed E-state index contributed by atoms with van der Waals surface area (Å²) in [5, 5.41) is 0. The van der Waals surface area contributed by atoms with Crippen LogP contribution in [0.2, 0.25) is 0 Å². The Morgan fingerprint density at radius 3 is 2.63 bits per heavy atom. The minimum absolute atomic E-state index is 0.640. The first-order valence-electron chi connectivity index (χ1n) is 6.96. The lowest BCUT2D eigenvalue weighted by molar-refractivity contribution is 0.127. The lowest BCUT2D eigenvalue weighted by atomic mass is 9.83. The second-order valence-electron chi connectivity index (χ2n) is 5.51. The van der Waals surface area contributed by atoms with Gasteiger partial charge in [0.2, 0.25) is 0 Å². The van der Waals surface area contributed by atoms with Gasteiger partial charge in [0.15, 0.2) is 0 Å². The molecule has 0 bridgehead atoms. The van der Waals surface area contributed by atoms with Crippen molar-refractivity contribution >= 4 is 31.9 Å². The van der Waals surface area contributed by atoms with Crippen molar-refractivity contribution in [3.8, 4) is 0 Å². The van der Waals surface area contributed by atoms with Gasteiger partial charge in [-0.25, -0.2) is 0 Å². The third-order valence-corrected chi connectivity index (χ3v) is 6.03. The fourth-order valence-electron chi connectivity index (χ4n) is 3.09. The van der Waals surface area contributed by atoms with E-state index in [1.165, 1.54) is 31.2 Å². The maximum absolute atomic E-state index is 5.93. The van der Waals surface area contributed by atoms with Crippen LogP contribution in [-0.4, -0.2) is 24.5 Å². The zero-order valence-corrected chi connectivity index (χ0v) is 14.6. The summed E-state index contributed by atoms with van der Waals surface area (Å²) < 4.78 is 2.23. The van der Waals surface area contributed by atoms with Crippen LogP contribution >= 0.6 is 31.9 Å². The molecule has 1 saturated carbocycles. The molecule has 0 radical (unpaired) electrons. The predicted molar refractivity (Wildman–Crippen MR) is 88.1 cm³/mol. The monoisotopic (exact) mass is 388 g/mol. The van der Waals surface area contributed by atoms with E-state index in [0.29, 0.717) is 12.0 Å². The van der Waals surface area contributed by atoms with Crippen LogP contribution in [0.25, 0.3) is 0 Å². The summed E-state index contributed by atoms with van der Waals surface area (Å²) in [6, 6.07) is 7.13. The van der Waals surface area contributed by atoms with E-state index in [1.54, 1.807) is 0 Å². The van der Waals surface area contributed by atoms with E-state index in [1.807, 2.05) is 0 Å². The van der Waals surface area contributed by atoms with Gasteiger partial charge in [0.05, 0.1) is 0 Å². The Morgan fingerprint density at radius 1 is 1.21 bits per heavy atom. The molecule has 19 heavy (non-hydrogen) atoms. The van der Waals surface area contributed by atoms with Gasteiger partial charge in [0, 0.05) is 21.5 Å². The number of benzene rings is 1. The van der Waals surface area contributed by atoms with E-state index in [0.717, 1.165) is 22.0 Å². The van der Waals surface area contributed by atoms with Crippen LogP contribution in [0.5, 0.6) is 0 Å². The molecule has 2 rings (SSSR count). The van der Waals surface area contributed by atoms with Crippen LogP contribution in [-0.2, 0) is 6.54 Å². The highest BCUT2D eigenvalue weighted by atomic mass is 79.9. The van der Waals surface area contributed by atoms with Crippen molar-refractivity contribution < 1.29 is 0 Å². The molecule has 1 aromatic carbocycles. The molecule has 0 aromatic heterocycles. The quantitative estimate of drug-likeness (QED) is 0.837. The Bertz CT molecular complexity index is 423. The summed E-state index contributed by atoms with van der Waals surface area (Å²) in [5.74, 6) is 0.664. The number of nitrogens with zero attached hydrogens (tertiary/aromatic N) is 1. The van der Waals surface area contributed by atoms with E-state index < -0.39 is 0 Å². The Balaban J connectivity index is 2.02. The minimum atomic E-state index is 0.640. The third kappa shape index (κ3) is 4.03. The Hall–Kier alpha value is 0.1000. The molecule has 0 spiro atoms. The van der Waals surface area contributed by atoms with Crippen molar-refractivity contribution in [3.63, 3.8) is 0 Å². The van der Waals surface area contributed by atoms with Crippen molar-refractivity contribution in [3.05, 3.63) is 32.7 Å². The Morgan fingerprint density at radius 2 is 1.95 bits per heavy atom. The van der Waals surface area contributed by atoms with Gasteiger partial charge in [-0.1, -0.05) is 18.9 Å². The van der Waals surface area contributed by atoms with E-state index in [9.17, 15) is 0 Å². The first-order valence-corrected chi connectivity index (χ1v) is 8.54. The first-order chi connectivity index (χ1) is 9.11. The van der Waals surface area contributed by atoms with Gasteiger partial charge in [-0.15, -0.1) is 0 Å². The van der Waals surface area contributed by atoms with E-state index in [-0.39, 0.29) is 0 Å². The molecule has 1 aromatic rings. The van der Waals surface area contributed by atoms with Crippen LogP contribution in [0.4, 0.5) is 0 Å². The fourth-order valence-corrected chi connectivity index (χ4v) is 3.76. The van der Waals surface area contributed by atoms with E-state index >= 15 is 0 Å². The fraction of sp³-hybridized carbons (Fsp3) is 0.600. The number of hydrogen-bond acceptors (Lipinski definition) is 2. The topological polar surface area (TPSA) is 29.3 Å². The van der Waals surface area contributed by atoms with Crippen molar-refractivity contribution in [1.82, 2.24) is 4.90 Å². The molecule has 0 amide bonds. The van der Waals surface area contributed by atoms with Gasteiger partial charge in [-0.2, -0.15) is 0 Å². The highest BCUT2D eigenvalue weighted by molar-refractivity contribution is 9.13. The molecule has 0 saturated heterocycles. The van der Waals surface area contributed by atoms with Gasteiger partial charge in [0.1, 0.15) is 0 Å². The number of halogens is 2. The van der Waals surface area contributed by atoms with Crippen LogP contribution < -0.4 is 5.73 Å². The normalized spacial score (nSPS) is 23.8. The molecular formula is C15H22Br2N2. The molecule has 1 aliphatic carbocycles. The molecule has 0 heterocycles. The molecule has 1 aliphatic rings. The van der Waals surface area contributed by atoms with Gasteiger partial charge in [-0.05, 0) is 81.9 Å². The lowest BCUT2D eigenvalue weighted by Gasteiger charge is -2.37. The molecule has 1 fully saturated rings. The number of nitrogens with two attached hydrogens (primary N) is 1. The van der Waals surface area contributed by atoms with Gasteiger partial charge in [0.25, 0.3) is 0 Å². The smallest absolute Gasteiger partial charge is 0.0320 e. The van der Waals surface area contributed by atoms with Crippen LogP contribution in [0.15, 0.2) is 27.1 Å². The highest BCUT2D eigenvalue weighted by Gasteiger charge is 2.27. The maximum Gasteiger partial charge on any atom is 0.0320 e. The van der Waals surface area contributed by atoms with Gasteiger partial charge < -0.3 is 5.73 Å². The largest absolute Gasteiger partial charge is 0.330 e. The van der Waals surface area contributed by atoms with E-state index in [2.05, 4.69) is 62.0 Å². The summed E-state index contributed by atoms with van der Waals surface area (Å²) in [4.78, 5) is 2.48. The first kappa shape index (κ1) is 15.5. The van der Waals surface area contributed by atoms with Gasteiger partial charge >= 0.3 is 0 Å². The molecule has 2 atom stereocenters. The van der Waals surface area contributed by atoms with Crippen molar-refractivity contribution in [1.29, 1.82) is 0 Å². The Labute approximate surface area is 133 Å². The zero-order valence-electron chi connectivity index (χ0n) is 11.4. The average Bonchev–Trinajstić information content (AvgIpc) is 2.43. The summed E-state index contributed by atoms with van der Waals surface area (Å²) in [6.07, 6.45) is 5.26. The highest BCUT2D eigenvalue weighted by Crippen LogP contribution is 2.29. The lowest BCUT2D eigenvalue weighted by Crippen LogP contribution is -2.42. The summed E-state index contributed by atoms with van der Waals surface area (Å²) in [6.45, 7) is 1.81. The second kappa shape index (κ2) is 7.21. The van der Waals surface area contributed by atoms with Crippen LogP contribution in [0, 0.1) is 5.92 Å². The molecular weight excluding hydrogens is 368 g/mol. The SMILES string of the molecule is CN(Cc1ccc(Br)c(Br)c1)C1CCCCC1CN. The van der Waals surface area contributed by atoms with Crippen LogP contribution in [0.3, 0.4) is 0 Å². The van der Waals surface area contributed by atoms with Crippen molar-refractivity contribution in [2.24, 2.45) is 11.7 Å². The molecule has 0 aliphatic heterocycles. The molecule has 106 valence electrons. The third-order valence-electron chi connectivity index (χ3n) is 4.15. The molecule has 4 heteroatoms. The maximum atomic E-state index is 5.93. The zero-order chi connectivity index (χ0) is 13.8.